The third-order valence-electron chi connectivity index (χ3n) is 3.04. The lowest BCUT2D eigenvalue weighted by molar-refractivity contribution is 0.0785. The molecule has 1 N–H and O–H groups in total. The summed E-state index contributed by atoms with van der Waals surface area (Å²) in [6.45, 7) is 0.421. The monoisotopic (exact) mass is 323 g/mol. The second-order valence-electron chi connectivity index (χ2n) is 4.56. The van der Waals surface area contributed by atoms with Crippen molar-refractivity contribution in [1.29, 1.82) is 0 Å². The van der Waals surface area contributed by atoms with Crippen LogP contribution in [0.25, 0.3) is 0 Å². The van der Waals surface area contributed by atoms with Crippen LogP contribution in [-0.2, 0) is 6.54 Å². The molecule has 6 heteroatoms. The summed E-state index contributed by atoms with van der Waals surface area (Å²) >= 11 is 12.2. The number of hydrogen-bond acceptors (Lipinski definition) is 3. The molecule has 0 unspecified atom stereocenters. The van der Waals surface area contributed by atoms with Gasteiger partial charge in [0.15, 0.2) is 0 Å². The molecule has 2 aromatic rings. The van der Waals surface area contributed by atoms with Gasteiger partial charge in [-0.1, -0.05) is 41.4 Å². The van der Waals surface area contributed by atoms with E-state index in [2.05, 4.69) is 10.3 Å². The highest BCUT2D eigenvalue weighted by Crippen LogP contribution is 2.21. The predicted octanol–water partition coefficient (Wildman–Crippen LogP) is 3.70. The SMILES string of the molecule is CNc1ncc(C(=O)N(C)Cc2ccccc2Cl)cc1Cl. The second-order valence-corrected chi connectivity index (χ2v) is 5.37. The molecule has 1 aromatic heterocycles. The molecule has 110 valence electrons. The molecule has 1 aromatic carbocycles. The normalized spacial score (nSPS) is 10.3. The molecule has 1 amide bonds. The Balaban J connectivity index is 2.16. The first-order valence-electron chi connectivity index (χ1n) is 6.35. The van der Waals surface area contributed by atoms with E-state index in [4.69, 9.17) is 23.2 Å². The maximum Gasteiger partial charge on any atom is 0.255 e. The summed E-state index contributed by atoms with van der Waals surface area (Å²) in [5.74, 6) is 0.383. The number of rotatable bonds is 4. The summed E-state index contributed by atoms with van der Waals surface area (Å²) in [5.41, 5.74) is 1.33. The van der Waals surface area contributed by atoms with Crippen LogP contribution in [0.15, 0.2) is 36.5 Å². The Hall–Kier alpha value is -1.78. The summed E-state index contributed by atoms with van der Waals surface area (Å²) in [6.07, 6.45) is 1.50. The fourth-order valence-electron chi connectivity index (χ4n) is 1.91. The van der Waals surface area contributed by atoms with Crippen molar-refractivity contribution in [2.24, 2.45) is 0 Å². The zero-order valence-corrected chi connectivity index (χ0v) is 13.2. The molecule has 0 fully saturated rings. The fourth-order valence-corrected chi connectivity index (χ4v) is 2.37. The van der Waals surface area contributed by atoms with Gasteiger partial charge in [-0.05, 0) is 17.7 Å². The van der Waals surface area contributed by atoms with E-state index in [0.29, 0.717) is 28.0 Å². The molecule has 0 aliphatic rings. The van der Waals surface area contributed by atoms with Crippen molar-refractivity contribution < 1.29 is 4.79 Å². The molecule has 0 aliphatic heterocycles. The summed E-state index contributed by atoms with van der Waals surface area (Å²) in [7, 11) is 3.44. The number of halogens is 2. The Morgan fingerprint density at radius 1 is 1.29 bits per heavy atom. The summed E-state index contributed by atoms with van der Waals surface area (Å²) in [4.78, 5) is 18.1. The van der Waals surface area contributed by atoms with Crippen LogP contribution < -0.4 is 5.32 Å². The van der Waals surface area contributed by atoms with E-state index in [1.165, 1.54) is 6.20 Å². The molecule has 4 nitrogen and oxygen atoms in total. The van der Waals surface area contributed by atoms with Crippen molar-refractivity contribution in [3.05, 3.63) is 57.7 Å². The van der Waals surface area contributed by atoms with Crippen molar-refractivity contribution in [3.63, 3.8) is 0 Å². The van der Waals surface area contributed by atoms with E-state index >= 15 is 0 Å². The average molecular weight is 324 g/mol. The number of hydrogen-bond donors (Lipinski definition) is 1. The fraction of sp³-hybridized carbons (Fsp3) is 0.200. The molecule has 1 heterocycles. The number of nitrogens with zero attached hydrogens (tertiary/aromatic N) is 2. The smallest absolute Gasteiger partial charge is 0.255 e. The minimum atomic E-state index is -0.160. The first-order chi connectivity index (χ1) is 10.0. The van der Waals surface area contributed by atoms with E-state index in [-0.39, 0.29) is 5.91 Å². The standard InChI is InChI=1S/C15H15Cl2N3O/c1-18-14-13(17)7-11(8-19-14)15(21)20(2)9-10-5-3-4-6-12(10)16/h3-8H,9H2,1-2H3,(H,18,19). The molecular weight excluding hydrogens is 309 g/mol. The summed E-state index contributed by atoms with van der Waals surface area (Å²) < 4.78 is 0. The van der Waals surface area contributed by atoms with Crippen molar-refractivity contribution >= 4 is 34.9 Å². The number of carbonyl (C=O) groups is 1. The first-order valence-corrected chi connectivity index (χ1v) is 7.10. The van der Waals surface area contributed by atoms with Gasteiger partial charge in [0.05, 0.1) is 10.6 Å². The lowest BCUT2D eigenvalue weighted by atomic mass is 10.2. The molecule has 0 saturated heterocycles. The Kier molecular flexibility index (Phi) is 5.04. The van der Waals surface area contributed by atoms with E-state index < -0.39 is 0 Å². The van der Waals surface area contributed by atoms with Crippen LogP contribution in [0, 0.1) is 0 Å². The molecule has 0 radical (unpaired) electrons. The van der Waals surface area contributed by atoms with Crippen molar-refractivity contribution in [1.82, 2.24) is 9.88 Å². The number of benzene rings is 1. The number of pyridine rings is 1. The van der Waals surface area contributed by atoms with Crippen LogP contribution in [-0.4, -0.2) is 29.9 Å². The highest BCUT2D eigenvalue weighted by molar-refractivity contribution is 6.33. The Labute approximate surface area is 133 Å². The lowest BCUT2D eigenvalue weighted by Gasteiger charge is -2.18. The minimum absolute atomic E-state index is 0.160. The van der Waals surface area contributed by atoms with Crippen LogP contribution >= 0.6 is 23.2 Å². The predicted molar refractivity (Wildman–Crippen MR) is 86.0 cm³/mol. The first kappa shape index (κ1) is 15.6. The van der Waals surface area contributed by atoms with E-state index in [0.717, 1.165) is 5.56 Å². The summed E-state index contributed by atoms with van der Waals surface area (Å²) in [6, 6.07) is 9.04. The van der Waals surface area contributed by atoms with Gasteiger partial charge in [-0.3, -0.25) is 4.79 Å². The third-order valence-corrected chi connectivity index (χ3v) is 3.69. The Bertz CT molecular complexity index is 661. The minimum Gasteiger partial charge on any atom is -0.372 e. The Morgan fingerprint density at radius 3 is 2.62 bits per heavy atom. The quantitative estimate of drug-likeness (QED) is 0.933. The van der Waals surface area contributed by atoms with Crippen LogP contribution in [0.4, 0.5) is 5.82 Å². The van der Waals surface area contributed by atoms with E-state index in [1.807, 2.05) is 18.2 Å². The molecule has 0 saturated carbocycles. The maximum atomic E-state index is 12.4. The number of carbonyl (C=O) groups excluding carboxylic acids is 1. The molecule has 0 spiro atoms. The lowest BCUT2D eigenvalue weighted by Crippen LogP contribution is -2.26. The summed E-state index contributed by atoms with van der Waals surface area (Å²) in [5, 5.41) is 3.90. The molecule has 0 bridgehead atoms. The van der Waals surface area contributed by atoms with Gasteiger partial charge in [-0.25, -0.2) is 4.98 Å². The van der Waals surface area contributed by atoms with Crippen LogP contribution in [0.5, 0.6) is 0 Å². The topological polar surface area (TPSA) is 45.2 Å². The molecule has 0 aliphatic carbocycles. The maximum absolute atomic E-state index is 12.4. The van der Waals surface area contributed by atoms with Gasteiger partial charge in [0.1, 0.15) is 5.82 Å². The van der Waals surface area contributed by atoms with Crippen LogP contribution in [0.3, 0.4) is 0 Å². The largest absolute Gasteiger partial charge is 0.372 e. The van der Waals surface area contributed by atoms with Gasteiger partial charge in [-0.15, -0.1) is 0 Å². The number of nitrogens with one attached hydrogen (secondary N) is 1. The van der Waals surface area contributed by atoms with E-state index in [1.54, 1.807) is 31.1 Å². The zero-order chi connectivity index (χ0) is 15.4. The van der Waals surface area contributed by atoms with Gasteiger partial charge in [0.2, 0.25) is 0 Å². The van der Waals surface area contributed by atoms with E-state index in [9.17, 15) is 4.79 Å². The molecule has 2 rings (SSSR count). The number of anilines is 1. The van der Waals surface area contributed by atoms with Crippen LogP contribution in [0.1, 0.15) is 15.9 Å². The number of aromatic nitrogens is 1. The second kappa shape index (κ2) is 6.78. The van der Waals surface area contributed by atoms with Crippen molar-refractivity contribution in [3.8, 4) is 0 Å². The molecule has 0 atom stereocenters. The van der Waals surface area contributed by atoms with Gasteiger partial charge >= 0.3 is 0 Å². The molecule has 21 heavy (non-hydrogen) atoms. The van der Waals surface area contributed by atoms with Gasteiger partial charge in [-0.2, -0.15) is 0 Å². The number of amides is 1. The van der Waals surface area contributed by atoms with Gasteiger partial charge in [0.25, 0.3) is 5.91 Å². The molecular formula is C15H15Cl2N3O. The highest BCUT2D eigenvalue weighted by atomic mass is 35.5. The van der Waals surface area contributed by atoms with Crippen molar-refractivity contribution in [2.75, 3.05) is 19.4 Å². The zero-order valence-electron chi connectivity index (χ0n) is 11.7. The van der Waals surface area contributed by atoms with Crippen LogP contribution in [0.2, 0.25) is 10.0 Å². The average Bonchev–Trinajstić information content (AvgIpc) is 2.48. The van der Waals surface area contributed by atoms with Crippen molar-refractivity contribution in [2.45, 2.75) is 6.54 Å². The highest BCUT2D eigenvalue weighted by Gasteiger charge is 2.15. The van der Waals surface area contributed by atoms with Gasteiger partial charge < -0.3 is 10.2 Å². The Morgan fingerprint density at radius 2 is 2.00 bits per heavy atom. The third kappa shape index (κ3) is 3.65. The van der Waals surface area contributed by atoms with Gasteiger partial charge in [0, 0.05) is 31.9 Å².